The molecule has 0 fully saturated rings. The predicted octanol–water partition coefficient (Wildman–Crippen LogP) is 0.956. The molecule has 0 radical (unpaired) electrons. The fraction of sp³-hybridized carbons (Fsp3) is 0.333. The molecule has 0 saturated carbocycles. The average Bonchev–Trinajstić information content (AvgIpc) is 2.02. The Morgan fingerprint density at radius 2 is 1.86 bits per heavy atom. The second-order valence-electron chi connectivity index (χ2n) is 3.31. The minimum Gasteiger partial charge on any atom is -0.398 e. The quantitative estimate of drug-likeness (QED) is 0.736. The van der Waals surface area contributed by atoms with Gasteiger partial charge in [0.2, 0.25) is 10.0 Å². The first-order chi connectivity index (χ1) is 6.43. The van der Waals surface area contributed by atoms with Gasteiger partial charge in [-0.3, -0.25) is 0 Å². The second kappa shape index (κ2) is 3.98. The Kier molecular flexibility index (Phi) is 3.13. The molecule has 0 aliphatic rings. The molecule has 78 valence electrons. The van der Waals surface area contributed by atoms with Gasteiger partial charge in [0.15, 0.2) is 0 Å². The van der Waals surface area contributed by atoms with Crippen molar-refractivity contribution in [2.24, 2.45) is 0 Å². The fourth-order valence-electron chi connectivity index (χ4n) is 1.10. The summed E-state index contributed by atoms with van der Waals surface area (Å²) < 4.78 is 25.8. The van der Waals surface area contributed by atoms with E-state index < -0.39 is 10.0 Å². The van der Waals surface area contributed by atoms with Crippen molar-refractivity contribution >= 4 is 15.7 Å². The predicted molar refractivity (Wildman–Crippen MR) is 56.3 cm³/mol. The van der Waals surface area contributed by atoms with E-state index in [-0.39, 0.29) is 16.6 Å². The van der Waals surface area contributed by atoms with Crippen LogP contribution >= 0.6 is 0 Å². The van der Waals surface area contributed by atoms with Crippen LogP contribution < -0.4 is 10.5 Å². The molecule has 1 aromatic rings. The van der Waals surface area contributed by atoms with Crippen LogP contribution in [0.5, 0.6) is 0 Å². The molecule has 1 aromatic carbocycles. The molecule has 1 rings (SSSR count). The first kappa shape index (κ1) is 11.0. The number of nitrogen functional groups attached to an aromatic ring is 1. The Morgan fingerprint density at radius 1 is 1.29 bits per heavy atom. The smallest absolute Gasteiger partial charge is 0.242 e. The molecule has 0 amide bonds. The van der Waals surface area contributed by atoms with Gasteiger partial charge in [-0.2, -0.15) is 0 Å². The molecular weight excluding hydrogens is 200 g/mol. The Bertz CT molecular complexity index is 413. The van der Waals surface area contributed by atoms with Crippen LogP contribution in [0.2, 0.25) is 0 Å². The normalized spacial score (nSPS) is 11.9. The van der Waals surface area contributed by atoms with E-state index in [9.17, 15) is 8.42 Å². The van der Waals surface area contributed by atoms with Crippen LogP contribution in [0.4, 0.5) is 5.69 Å². The second-order valence-corrected chi connectivity index (χ2v) is 5.00. The number of hydrogen-bond acceptors (Lipinski definition) is 3. The lowest BCUT2D eigenvalue weighted by Crippen LogP contribution is -2.30. The van der Waals surface area contributed by atoms with Crippen molar-refractivity contribution in [3.8, 4) is 0 Å². The highest BCUT2D eigenvalue weighted by atomic mass is 32.2. The van der Waals surface area contributed by atoms with E-state index >= 15 is 0 Å². The topological polar surface area (TPSA) is 72.2 Å². The zero-order valence-electron chi connectivity index (χ0n) is 8.19. The van der Waals surface area contributed by atoms with Crippen LogP contribution in [0, 0.1) is 0 Å². The summed E-state index contributed by atoms with van der Waals surface area (Å²) >= 11 is 0. The zero-order chi connectivity index (χ0) is 10.8. The van der Waals surface area contributed by atoms with E-state index in [0.29, 0.717) is 0 Å². The van der Waals surface area contributed by atoms with Gasteiger partial charge in [0.1, 0.15) is 4.90 Å². The SMILES string of the molecule is CC(C)NS(=O)(=O)c1ccccc1N. The molecule has 0 spiro atoms. The van der Waals surface area contributed by atoms with Crippen molar-refractivity contribution in [2.45, 2.75) is 24.8 Å². The Balaban J connectivity index is 3.11. The Morgan fingerprint density at radius 3 is 2.36 bits per heavy atom. The number of para-hydroxylation sites is 1. The van der Waals surface area contributed by atoms with Crippen molar-refractivity contribution in [3.05, 3.63) is 24.3 Å². The summed E-state index contributed by atoms with van der Waals surface area (Å²) in [7, 11) is -3.47. The van der Waals surface area contributed by atoms with Gasteiger partial charge in [0, 0.05) is 6.04 Å². The van der Waals surface area contributed by atoms with Crippen LogP contribution in [0.25, 0.3) is 0 Å². The molecule has 0 saturated heterocycles. The number of nitrogens with two attached hydrogens (primary N) is 1. The molecule has 14 heavy (non-hydrogen) atoms. The summed E-state index contributed by atoms with van der Waals surface area (Å²) in [5, 5.41) is 0. The number of sulfonamides is 1. The number of rotatable bonds is 3. The van der Waals surface area contributed by atoms with Gasteiger partial charge in [-0.15, -0.1) is 0 Å². The van der Waals surface area contributed by atoms with Crippen LogP contribution in [-0.2, 0) is 10.0 Å². The van der Waals surface area contributed by atoms with Gasteiger partial charge < -0.3 is 5.73 Å². The van der Waals surface area contributed by atoms with Crippen LogP contribution in [0.15, 0.2) is 29.2 Å². The molecule has 0 heterocycles. The van der Waals surface area contributed by atoms with Crippen molar-refractivity contribution in [3.63, 3.8) is 0 Å². The van der Waals surface area contributed by atoms with Crippen LogP contribution in [0.1, 0.15) is 13.8 Å². The summed E-state index contributed by atoms with van der Waals surface area (Å²) in [4.78, 5) is 0.133. The molecule has 4 nitrogen and oxygen atoms in total. The van der Waals surface area contributed by atoms with E-state index in [4.69, 9.17) is 5.73 Å². The average molecular weight is 214 g/mol. The molecule has 0 aliphatic heterocycles. The molecule has 0 bridgehead atoms. The van der Waals surface area contributed by atoms with Gasteiger partial charge in [0.25, 0.3) is 0 Å². The molecule has 5 heteroatoms. The lowest BCUT2D eigenvalue weighted by Gasteiger charge is -2.10. The van der Waals surface area contributed by atoms with Crippen molar-refractivity contribution in [2.75, 3.05) is 5.73 Å². The van der Waals surface area contributed by atoms with Gasteiger partial charge in [-0.05, 0) is 26.0 Å². The third-order valence-electron chi connectivity index (χ3n) is 1.60. The van der Waals surface area contributed by atoms with Gasteiger partial charge in [-0.25, -0.2) is 13.1 Å². The van der Waals surface area contributed by atoms with Gasteiger partial charge in [0.05, 0.1) is 5.69 Å². The minimum atomic E-state index is -3.47. The first-order valence-corrected chi connectivity index (χ1v) is 5.78. The molecule has 0 aliphatic carbocycles. The van der Waals surface area contributed by atoms with E-state index in [1.54, 1.807) is 32.0 Å². The van der Waals surface area contributed by atoms with E-state index in [1.165, 1.54) is 6.07 Å². The van der Waals surface area contributed by atoms with Gasteiger partial charge in [-0.1, -0.05) is 12.1 Å². The first-order valence-electron chi connectivity index (χ1n) is 4.30. The monoisotopic (exact) mass is 214 g/mol. The Hall–Kier alpha value is -1.07. The number of nitrogens with one attached hydrogen (secondary N) is 1. The lowest BCUT2D eigenvalue weighted by molar-refractivity contribution is 0.570. The highest BCUT2D eigenvalue weighted by Crippen LogP contribution is 2.16. The lowest BCUT2D eigenvalue weighted by atomic mass is 10.3. The zero-order valence-corrected chi connectivity index (χ0v) is 9.01. The summed E-state index contributed by atoms with van der Waals surface area (Å²) in [5.74, 6) is 0. The van der Waals surface area contributed by atoms with Crippen molar-refractivity contribution < 1.29 is 8.42 Å². The minimum absolute atomic E-state index is 0.133. The van der Waals surface area contributed by atoms with Crippen molar-refractivity contribution in [1.29, 1.82) is 0 Å². The summed E-state index contributed by atoms with van der Waals surface area (Å²) in [6, 6.07) is 6.25. The van der Waals surface area contributed by atoms with E-state index in [0.717, 1.165) is 0 Å². The molecule has 0 aromatic heterocycles. The summed E-state index contributed by atoms with van der Waals surface area (Å²) in [6.07, 6.45) is 0. The maximum absolute atomic E-state index is 11.7. The Labute approximate surface area is 84.2 Å². The number of benzene rings is 1. The number of anilines is 1. The molecule has 3 N–H and O–H groups in total. The maximum Gasteiger partial charge on any atom is 0.242 e. The van der Waals surface area contributed by atoms with Crippen LogP contribution in [-0.4, -0.2) is 14.5 Å². The molecule has 0 unspecified atom stereocenters. The van der Waals surface area contributed by atoms with Crippen molar-refractivity contribution in [1.82, 2.24) is 4.72 Å². The van der Waals surface area contributed by atoms with Crippen LogP contribution in [0.3, 0.4) is 0 Å². The standard InChI is InChI=1S/C9H14N2O2S/c1-7(2)11-14(12,13)9-6-4-3-5-8(9)10/h3-7,11H,10H2,1-2H3. The molecule has 0 atom stereocenters. The largest absolute Gasteiger partial charge is 0.398 e. The highest BCUT2D eigenvalue weighted by Gasteiger charge is 2.17. The van der Waals surface area contributed by atoms with E-state index in [2.05, 4.69) is 4.72 Å². The third-order valence-corrected chi connectivity index (χ3v) is 3.33. The number of hydrogen-bond donors (Lipinski definition) is 2. The summed E-state index contributed by atoms with van der Waals surface area (Å²) in [6.45, 7) is 3.52. The highest BCUT2D eigenvalue weighted by molar-refractivity contribution is 7.89. The fourth-order valence-corrected chi connectivity index (χ4v) is 2.48. The van der Waals surface area contributed by atoms with E-state index in [1.807, 2.05) is 0 Å². The maximum atomic E-state index is 11.7. The van der Waals surface area contributed by atoms with Gasteiger partial charge >= 0.3 is 0 Å². The summed E-state index contributed by atoms with van der Waals surface area (Å²) in [5.41, 5.74) is 5.83. The third kappa shape index (κ3) is 2.46. The molecular formula is C9H14N2O2S.